The van der Waals surface area contributed by atoms with Crippen LogP contribution < -0.4 is 5.32 Å². The van der Waals surface area contributed by atoms with E-state index in [4.69, 9.17) is 4.74 Å². The summed E-state index contributed by atoms with van der Waals surface area (Å²) in [5.41, 5.74) is 2.12. The molecule has 0 radical (unpaired) electrons. The predicted molar refractivity (Wildman–Crippen MR) is 86.8 cm³/mol. The summed E-state index contributed by atoms with van der Waals surface area (Å²) in [6, 6.07) is 15.7. The lowest BCUT2D eigenvalue weighted by atomic mass is 10.1. The van der Waals surface area contributed by atoms with Gasteiger partial charge in [0.25, 0.3) is 5.91 Å². The first kappa shape index (κ1) is 16.7. The van der Waals surface area contributed by atoms with Gasteiger partial charge in [-0.15, -0.1) is 0 Å². The van der Waals surface area contributed by atoms with Crippen molar-refractivity contribution in [1.82, 2.24) is 0 Å². The number of hydrogen-bond donors (Lipinski definition) is 2. The molecule has 0 fully saturated rings. The van der Waals surface area contributed by atoms with Crippen LogP contribution in [-0.2, 0) is 14.3 Å². The average molecular weight is 313 g/mol. The SMILES string of the molecule is Cc1ccc(NC(=O)[C@H](C)OC(=O)[C@H](O)c2ccccc2)cc1. The molecule has 0 unspecified atom stereocenters. The molecule has 2 N–H and O–H groups in total. The van der Waals surface area contributed by atoms with E-state index in [1.165, 1.54) is 6.92 Å². The van der Waals surface area contributed by atoms with Crippen molar-refractivity contribution in [2.45, 2.75) is 26.1 Å². The summed E-state index contributed by atoms with van der Waals surface area (Å²) in [4.78, 5) is 23.9. The Hall–Kier alpha value is -2.66. The third kappa shape index (κ3) is 4.66. The van der Waals surface area contributed by atoms with E-state index in [0.717, 1.165) is 5.56 Å². The molecular weight excluding hydrogens is 294 g/mol. The number of rotatable bonds is 5. The number of amides is 1. The molecule has 0 aromatic heterocycles. The van der Waals surface area contributed by atoms with E-state index in [0.29, 0.717) is 11.3 Å². The van der Waals surface area contributed by atoms with Gasteiger partial charge in [0.05, 0.1) is 0 Å². The van der Waals surface area contributed by atoms with Gasteiger partial charge in [-0.25, -0.2) is 4.79 Å². The summed E-state index contributed by atoms with van der Waals surface area (Å²) >= 11 is 0. The zero-order valence-corrected chi connectivity index (χ0v) is 13.0. The van der Waals surface area contributed by atoms with Gasteiger partial charge in [0.1, 0.15) is 0 Å². The van der Waals surface area contributed by atoms with Crippen LogP contribution in [0.5, 0.6) is 0 Å². The molecule has 0 saturated heterocycles. The van der Waals surface area contributed by atoms with Gasteiger partial charge in [-0.1, -0.05) is 48.0 Å². The van der Waals surface area contributed by atoms with Crippen molar-refractivity contribution in [2.24, 2.45) is 0 Å². The summed E-state index contributed by atoms with van der Waals surface area (Å²) in [6.07, 6.45) is -2.42. The van der Waals surface area contributed by atoms with E-state index in [2.05, 4.69) is 5.32 Å². The molecular formula is C18H19NO4. The number of aliphatic hydroxyl groups is 1. The molecule has 0 spiro atoms. The molecule has 0 aliphatic rings. The molecule has 0 aliphatic heterocycles. The largest absolute Gasteiger partial charge is 0.450 e. The van der Waals surface area contributed by atoms with Crippen molar-refractivity contribution in [1.29, 1.82) is 0 Å². The third-order valence-electron chi connectivity index (χ3n) is 3.32. The fourth-order valence-electron chi connectivity index (χ4n) is 1.94. The van der Waals surface area contributed by atoms with Crippen molar-refractivity contribution in [3.63, 3.8) is 0 Å². The number of carbonyl (C=O) groups excluding carboxylic acids is 2. The van der Waals surface area contributed by atoms with Crippen LogP contribution in [0.4, 0.5) is 5.69 Å². The smallest absolute Gasteiger partial charge is 0.340 e. The number of hydrogen-bond acceptors (Lipinski definition) is 4. The molecule has 120 valence electrons. The minimum atomic E-state index is -1.41. The summed E-state index contributed by atoms with van der Waals surface area (Å²) in [7, 11) is 0. The number of anilines is 1. The van der Waals surface area contributed by atoms with Gasteiger partial charge in [-0.2, -0.15) is 0 Å². The number of nitrogens with one attached hydrogen (secondary N) is 1. The lowest BCUT2D eigenvalue weighted by Crippen LogP contribution is -2.31. The summed E-state index contributed by atoms with van der Waals surface area (Å²) < 4.78 is 5.02. The van der Waals surface area contributed by atoms with E-state index < -0.39 is 24.1 Å². The Morgan fingerprint density at radius 1 is 1.04 bits per heavy atom. The number of esters is 1. The molecule has 2 atom stereocenters. The van der Waals surface area contributed by atoms with E-state index in [1.807, 2.05) is 19.1 Å². The number of aryl methyl sites for hydroxylation is 1. The lowest BCUT2D eigenvalue weighted by Gasteiger charge is -2.16. The average Bonchev–Trinajstić information content (AvgIpc) is 2.56. The van der Waals surface area contributed by atoms with Crippen LogP contribution in [0.15, 0.2) is 54.6 Å². The summed E-state index contributed by atoms with van der Waals surface area (Å²) in [5.74, 6) is -1.31. The second-order valence-electron chi connectivity index (χ2n) is 5.25. The maximum Gasteiger partial charge on any atom is 0.340 e. The molecule has 1 amide bonds. The van der Waals surface area contributed by atoms with Crippen molar-refractivity contribution in [2.75, 3.05) is 5.32 Å². The van der Waals surface area contributed by atoms with E-state index in [1.54, 1.807) is 42.5 Å². The Morgan fingerprint density at radius 2 is 1.65 bits per heavy atom. The van der Waals surface area contributed by atoms with Crippen molar-refractivity contribution in [3.05, 3.63) is 65.7 Å². The van der Waals surface area contributed by atoms with E-state index >= 15 is 0 Å². The van der Waals surface area contributed by atoms with Crippen LogP contribution in [0, 0.1) is 6.92 Å². The fourth-order valence-corrected chi connectivity index (χ4v) is 1.94. The van der Waals surface area contributed by atoms with Crippen LogP contribution in [0.3, 0.4) is 0 Å². The van der Waals surface area contributed by atoms with Crippen molar-refractivity contribution < 1.29 is 19.4 Å². The van der Waals surface area contributed by atoms with Crippen LogP contribution in [0.25, 0.3) is 0 Å². The highest BCUT2D eigenvalue weighted by Gasteiger charge is 2.24. The molecule has 23 heavy (non-hydrogen) atoms. The quantitative estimate of drug-likeness (QED) is 0.832. The Bertz CT molecular complexity index is 667. The maximum absolute atomic E-state index is 12.0. The van der Waals surface area contributed by atoms with Gasteiger partial charge < -0.3 is 15.2 Å². The van der Waals surface area contributed by atoms with Gasteiger partial charge in [0.2, 0.25) is 0 Å². The van der Waals surface area contributed by atoms with E-state index in [9.17, 15) is 14.7 Å². The van der Waals surface area contributed by atoms with Gasteiger partial charge in [-0.05, 0) is 31.5 Å². The first-order chi connectivity index (χ1) is 11.0. The molecule has 2 aromatic rings. The van der Waals surface area contributed by atoms with Crippen LogP contribution in [-0.4, -0.2) is 23.1 Å². The molecule has 2 aromatic carbocycles. The number of benzene rings is 2. The molecule has 5 heteroatoms. The monoisotopic (exact) mass is 313 g/mol. The van der Waals surface area contributed by atoms with Gasteiger partial charge in [-0.3, -0.25) is 4.79 Å². The Labute approximate surface area is 134 Å². The number of ether oxygens (including phenoxy) is 1. The predicted octanol–water partition coefficient (Wildman–Crippen LogP) is 2.60. The molecule has 5 nitrogen and oxygen atoms in total. The van der Waals surface area contributed by atoms with Crippen molar-refractivity contribution in [3.8, 4) is 0 Å². The van der Waals surface area contributed by atoms with Crippen molar-refractivity contribution >= 4 is 17.6 Å². The van der Waals surface area contributed by atoms with Gasteiger partial charge in [0, 0.05) is 5.69 Å². The zero-order valence-electron chi connectivity index (χ0n) is 13.0. The van der Waals surface area contributed by atoms with Gasteiger partial charge >= 0.3 is 5.97 Å². The van der Waals surface area contributed by atoms with Crippen LogP contribution >= 0.6 is 0 Å². The Balaban J connectivity index is 1.92. The maximum atomic E-state index is 12.0. The molecule has 0 heterocycles. The fraction of sp³-hybridized carbons (Fsp3) is 0.222. The number of carbonyl (C=O) groups is 2. The van der Waals surface area contributed by atoms with E-state index in [-0.39, 0.29) is 0 Å². The highest BCUT2D eigenvalue weighted by Crippen LogP contribution is 2.15. The minimum absolute atomic E-state index is 0.420. The molecule has 0 bridgehead atoms. The minimum Gasteiger partial charge on any atom is -0.450 e. The topological polar surface area (TPSA) is 75.6 Å². The molecule has 0 aliphatic carbocycles. The standard InChI is InChI=1S/C18H19NO4/c1-12-8-10-15(11-9-12)19-17(21)13(2)23-18(22)16(20)14-6-4-3-5-7-14/h3-11,13,16,20H,1-2H3,(H,19,21)/t13-,16+/m0/s1. The van der Waals surface area contributed by atoms with Crippen LogP contribution in [0.1, 0.15) is 24.2 Å². The lowest BCUT2D eigenvalue weighted by molar-refractivity contribution is -0.162. The second-order valence-corrected chi connectivity index (χ2v) is 5.25. The molecule has 2 rings (SSSR count). The highest BCUT2D eigenvalue weighted by atomic mass is 16.6. The summed E-state index contributed by atoms with van der Waals surface area (Å²) in [6.45, 7) is 3.40. The van der Waals surface area contributed by atoms with Crippen LogP contribution in [0.2, 0.25) is 0 Å². The molecule has 0 saturated carbocycles. The van der Waals surface area contributed by atoms with Gasteiger partial charge in [0.15, 0.2) is 12.2 Å². The first-order valence-corrected chi connectivity index (χ1v) is 7.28. The Morgan fingerprint density at radius 3 is 2.26 bits per heavy atom. The highest BCUT2D eigenvalue weighted by molar-refractivity contribution is 5.95. The normalized spacial score (nSPS) is 13.0. The zero-order chi connectivity index (χ0) is 16.8. The summed E-state index contributed by atoms with van der Waals surface area (Å²) in [5, 5.41) is 12.6. The first-order valence-electron chi connectivity index (χ1n) is 7.28. The Kier molecular flexibility index (Phi) is 5.49. The number of aliphatic hydroxyl groups excluding tert-OH is 1. The second kappa shape index (κ2) is 7.56. The third-order valence-corrected chi connectivity index (χ3v) is 3.32.